The summed E-state index contributed by atoms with van der Waals surface area (Å²) in [6.45, 7) is 13.6. The smallest absolute Gasteiger partial charge is 0.408 e. The Labute approximate surface area is 209 Å². The van der Waals surface area contributed by atoms with Crippen LogP contribution < -0.4 is 10.6 Å². The summed E-state index contributed by atoms with van der Waals surface area (Å²) in [5.41, 5.74) is 1.23. The Bertz CT molecular complexity index is 790. The van der Waals surface area contributed by atoms with E-state index in [0.717, 1.165) is 17.5 Å². The van der Waals surface area contributed by atoms with Crippen LogP contribution in [0.2, 0.25) is 0 Å². The molecule has 2 N–H and O–H groups in total. The van der Waals surface area contributed by atoms with Crippen LogP contribution in [0.1, 0.15) is 78.5 Å². The fraction of sp³-hybridized carbons (Fsp3) is 0.654. The number of nitrogens with one attached hydrogen (secondary N) is 2. The summed E-state index contributed by atoms with van der Waals surface area (Å²) in [6.07, 6.45) is 3.31. The van der Waals surface area contributed by atoms with E-state index >= 15 is 0 Å². The molecule has 1 rings (SSSR count). The van der Waals surface area contributed by atoms with Crippen molar-refractivity contribution in [2.75, 3.05) is 18.6 Å². The first-order chi connectivity index (χ1) is 15.9. The summed E-state index contributed by atoms with van der Waals surface area (Å²) in [4.78, 5) is 41.3. The fourth-order valence-electron chi connectivity index (χ4n) is 3.52. The zero-order chi connectivity index (χ0) is 25.9. The largest absolute Gasteiger partial charge is 0.444 e. The van der Waals surface area contributed by atoms with Crippen LogP contribution in [0.15, 0.2) is 24.3 Å². The quantitative estimate of drug-likeness (QED) is 0.441. The highest BCUT2D eigenvalue weighted by Crippen LogP contribution is 2.25. The van der Waals surface area contributed by atoms with Crippen LogP contribution in [0, 0.1) is 0 Å². The van der Waals surface area contributed by atoms with Crippen molar-refractivity contribution in [1.82, 2.24) is 15.5 Å². The lowest BCUT2D eigenvalue weighted by atomic mass is 9.99. The normalized spacial score (nSPS) is 13.2. The van der Waals surface area contributed by atoms with E-state index in [4.69, 9.17) is 4.74 Å². The molecule has 2 atom stereocenters. The molecule has 7 nitrogen and oxygen atoms in total. The summed E-state index contributed by atoms with van der Waals surface area (Å²) >= 11 is 1.59. The standard InChI is InChI=1S/C26H43N3O4S/c1-9-16-29(24(31)21(15-17-34-8)28-25(32)33-26(5,6)7)22(23(30)27-18(3)4)20-13-11-19(10-2)12-14-20/h11-14,18,21-22H,9-10,15-17H2,1-8H3,(H,27,30)(H,28,32). The van der Waals surface area contributed by atoms with Gasteiger partial charge in [-0.25, -0.2) is 4.79 Å². The fourth-order valence-corrected chi connectivity index (χ4v) is 3.99. The number of amides is 3. The number of ether oxygens (including phenoxy) is 1. The van der Waals surface area contributed by atoms with E-state index in [-0.39, 0.29) is 17.9 Å². The number of carbonyl (C=O) groups excluding carboxylic acids is 3. The van der Waals surface area contributed by atoms with Crippen molar-refractivity contribution in [3.05, 3.63) is 35.4 Å². The van der Waals surface area contributed by atoms with Gasteiger partial charge in [-0.3, -0.25) is 9.59 Å². The van der Waals surface area contributed by atoms with Crippen molar-refractivity contribution in [1.29, 1.82) is 0 Å². The SMILES string of the molecule is CCCN(C(=O)C(CCSC)NC(=O)OC(C)(C)C)C(C(=O)NC(C)C)c1ccc(CC)cc1. The zero-order valence-electron chi connectivity index (χ0n) is 22.1. The van der Waals surface area contributed by atoms with Gasteiger partial charge >= 0.3 is 6.09 Å². The molecule has 34 heavy (non-hydrogen) atoms. The van der Waals surface area contributed by atoms with Gasteiger partial charge in [0, 0.05) is 12.6 Å². The van der Waals surface area contributed by atoms with Crippen molar-refractivity contribution < 1.29 is 19.1 Å². The third-order valence-corrected chi connectivity index (χ3v) is 5.69. The average Bonchev–Trinajstić information content (AvgIpc) is 2.74. The predicted octanol–water partition coefficient (Wildman–Crippen LogP) is 4.70. The van der Waals surface area contributed by atoms with Crippen LogP contribution in [0.4, 0.5) is 4.79 Å². The molecule has 3 amide bonds. The van der Waals surface area contributed by atoms with E-state index in [1.54, 1.807) is 37.4 Å². The molecule has 0 aliphatic heterocycles. The van der Waals surface area contributed by atoms with E-state index in [2.05, 4.69) is 17.6 Å². The summed E-state index contributed by atoms with van der Waals surface area (Å²) in [6, 6.07) is 6.15. The number of rotatable bonds is 12. The van der Waals surface area contributed by atoms with Gasteiger partial charge in [0.1, 0.15) is 17.7 Å². The van der Waals surface area contributed by atoms with Gasteiger partial charge in [-0.2, -0.15) is 11.8 Å². The third-order valence-electron chi connectivity index (χ3n) is 5.04. The Morgan fingerprint density at radius 3 is 2.15 bits per heavy atom. The van der Waals surface area contributed by atoms with Gasteiger partial charge in [0.25, 0.3) is 0 Å². The minimum Gasteiger partial charge on any atom is -0.444 e. The maximum atomic E-state index is 13.8. The van der Waals surface area contributed by atoms with E-state index in [9.17, 15) is 14.4 Å². The van der Waals surface area contributed by atoms with Crippen molar-refractivity contribution in [2.45, 2.75) is 91.5 Å². The van der Waals surface area contributed by atoms with Crippen LogP contribution in [0.25, 0.3) is 0 Å². The summed E-state index contributed by atoms with van der Waals surface area (Å²) in [5.74, 6) is 0.160. The lowest BCUT2D eigenvalue weighted by Gasteiger charge is -2.34. The minimum atomic E-state index is -0.794. The first-order valence-electron chi connectivity index (χ1n) is 12.1. The molecule has 1 aromatic carbocycles. The molecule has 0 saturated heterocycles. The van der Waals surface area contributed by atoms with Gasteiger partial charge in [-0.1, -0.05) is 38.1 Å². The molecule has 2 unspecified atom stereocenters. The molecule has 0 heterocycles. The van der Waals surface area contributed by atoms with Crippen LogP contribution in [0.5, 0.6) is 0 Å². The molecule has 0 radical (unpaired) electrons. The molecule has 1 aromatic rings. The molecule has 0 aliphatic carbocycles. The van der Waals surface area contributed by atoms with E-state index in [1.807, 2.05) is 51.3 Å². The van der Waals surface area contributed by atoms with Gasteiger partial charge in [-0.15, -0.1) is 0 Å². The molecule has 192 valence electrons. The Morgan fingerprint density at radius 1 is 1.06 bits per heavy atom. The number of hydrogen-bond donors (Lipinski definition) is 2. The zero-order valence-corrected chi connectivity index (χ0v) is 22.9. The second-order valence-corrected chi connectivity index (χ2v) is 10.7. The Kier molecular flexibility index (Phi) is 12.5. The number of benzene rings is 1. The van der Waals surface area contributed by atoms with Crippen LogP contribution in [-0.4, -0.2) is 59.0 Å². The first kappa shape index (κ1) is 29.8. The van der Waals surface area contributed by atoms with Gasteiger partial charge in [0.05, 0.1) is 0 Å². The van der Waals surface area contributed by atoms with Crippen molar-refractivity contribution >= 4 is 29.7 Å². The average molecular weight is 494 g/mol. The lowest BCUT2D eigenvalue weighted by Crippen LogP contribution is -2.53. The second kappa shape index (κ2) is 14.2. The molecular formula is C26H43N3O4S. The highest BCUT2D eigenvalue weighted by molar-refractivity contribution is 7.98. The van der Waals surface area contributed by atoms with Crippen molar-refractivity contribution in [2.24, 2.45) is 0 Å². The van der Waals surface area contributed by atoms with Crippen molar-refractivity contribution in [3.8, 4) is 0 Å². The van der Waals surface area contributed by atoms with E-state index in [1.165, 1.54) is 0 Å². The molecule has 0 fully saturated rings. The maximum Gasteiger partial charge on any atom is 0.408 e. The Hall–Kier alpha value is -2.22. The minimum absolute atomic E-state index is 0.0735. The molecule has 0 aromatic heterocycles. The summed E-state index contributed by atoms with van der Waals surface area (Å²) in [7, 11) is 0. The van der Waals surface area contributed by atoms with Crippen LogP contribution in [-0.2, 0) is 20.7 Å². The summed E-state index contributed by atoms with van der Waals surface area (Å²) in [5, 5.41) is 5.72. The van der Waals surface area contributed by atoms with E-state index < -0.39 is 23.8 Å². The first-order valence-corrected chi connectivity index (χ1v) is 13.5. The molecule has 0 saturated carbocycles. The highest BCUT2D eigenvalue weighted by atomic mass is 32.2. The molecule has 0 bridgehead atoms. The van der Waals surface area contributed by atoms with Gasteiger partial charge in [-0.05, 0) is 77.0 Å². The number of nitrogens with zero attached hydrogens (tertiary/aromatic N) is 1. The number of thioether (sulfide) groups is 1. The highest BCUT2D eigenvalue weighted by Gasteiger charge is 2.35. The molecule has 0 spiro atoms. The summed E-state index contributed by atoms with van der Waals surface area (Å²) < 4.78 is 5.40. The topological polar surface area (TPSA) is 87.7 Å². The Morgan fingerprint density at radius 2 is 1.68 bits per heavy atom. The van der Waals surface area contributed by atoms with Gasteiger partial charge < -0.3 is 20.3 Å². The van der Waals surface area contributed by atoms with Crippen LogP contribution >= 0.6 is 11.8 Å². The number of alkyl carbamates (subject to hydrolysis) is 1. The predicted molar refractivity (Wildman–Crippen MR) is 140 cm³/mol. The Balaban J connectivity index is 3.37. The van der Waals surface area contributed by atoms with Crippen LogP contribution in [0.3, 0.4) is 0 Å². The monoisotopic (exact) mass is 493 g/mol. The lowest BCUT2D eigenvalue weighted by molar-refractivity contribution is -0.142. The number of hydrogen-bond acceptors (Lipinski definition) is 5. The molecular weight excluding hydrogens is 450 g/mol. The van der Waals surface area contributed by atoms with E-state index in [0.29, 0.717) is 25.1 Å². The molecule has 0 aliphatic rings. The number of aryl methyl sites for hydroxylation is 1. The second-order valence-electron chi connectivity index (χ2n) is 9.67. The molecule has 8 heteroatoms. The van der Waals surface area contributed by atoms with Gasteiger partial charge in [0.15, 0.2) is 0 Å². The maximum absolute atomic E-state index is 13.8. The number of carbonyl (C=O) groups is 3. The van der Waals surface area contributed by atoms with Crippen molar-refractivity contribution in [3.63, 3.8) is 0 Å². The third kappa shape index (κ3) is 9.95. The van der Waals surface area contributed by atoms with Gasteiger partial charge in [0.2, 0.25) is 11.8 Å².